The van der Waals surface area contributed by atoms with Crippen LogP contribution in [0.5, 0.6) is 5.75 Å². The van der Waals surface area contributed by atoms with E-state index in [2.05, 4.69) is 67.5 Å². The molecular formula is C24H42O4Si. The highest BCUT2D eigenvalue weighted by Crippen LogP contribution is 2.55. The Kier molecular flexibility index (Phi) is 7.99. The van der Waals surface area contributed by atoms with Crippen molar-refractivity contribution >= 4 is 8.56 Å². The molecule has 0 bridgehead atoms. The normalized spacial score (nSPS) is 23.6. The Morgan fingerprint density at radius 1 is 1.00 bits per heavy atom. The van der Waals surface area contributed by atoms with Crippen molar-refractivity contribution in [2.75, 3.05) is 7.11 Å². The fourth-order valence-corrected chi connectivity index (χ4v) is 9.63. The van der Waals surface area contributed by atoms with Crippen LogP contribution in [0.15, 0.2) is 24.3 Å². The number of hydrogen-bond acceptors (Lipinski definition) is 4. The first kappa shape index (κ1) is 24.4. The maximum atomic E-state index is 6.91. The molecular weight excluding hydrogens is 380 g/mol. The van der Waals surface area contributed by atoms with Gasteiger partial charge < -0.3 is 18.3 Å². The summed E-state index contributed by atoms with van der Waals surface area (Å²) in [7, 11) is -0.783. The van der Waals surface area contributed by atoms with E-state index in [1.807, 2.05) is 12.1 Å². The van der Waals surface area contributed by atoms with Crippen LogP contribution in [0.2, 0.25) is 10.1 Å². The molecule has 1 aromatic rings. The highest BCUT2D eigenvalue weighted by Gasteiger charge is 2.61. The number of ether oxygens (including phenoxy) is 2. The third-order valence-electron chi connectivity index (χ3n) is 5.91. The van der Waals surface area contributed by atoms with Gasteiger partial charge in [-0.2, -0.15) is 0 Å². The Morgan fingerprint density at radius 2 is 1.55 bits per heavy atom. The molecule has 4 nitrogen and oxygen atoms in total. The van der Waals surface area contributed by atoms with E-state index >= 15 is 0 Å². The molecule has 1 aliphatic heterocycles. The highest BCUT2D eigenvalue weighted by atomic mass is 28.4. The second-order valence-electron chi connectivity index (χ2n) is 10.4. The molecule has 1 saturated heterocycles. The van der Waals surface area contributed by atoms with Gasteiger partial charge in [-0.1, -0.05) is 60.6 Å². The summed E-state index contributed by atoms with van der Waals surface area (Å²) in [5.74, 6) is 0.869. The Bertz CT molecular complexity index is 616. The summed E-state index contributed by atoms with van der Waals surface area (Å²) in [5.41, 5.74) is 1.16. The molecule has 0 N–H and O–H groups in total. The second kappa shape index (κ2) is 9.50. The molecule has 166 valence electrons. The average Bonchev–Trinajstić information content (AvgIpc) is 2.64. The van der Waals surface area contributed by atoms with Gasteiger partial charge in [0.05, 0.1) is 25.9 Å². The molecule has 2 rings (SSSR count). The molecule has 1 aromatic carbocycles. The monoisotopic (exact) mass is 422 g/mol. The van der Waals surface area contributed by atoms with Gasteiger partial charge in [0.25, 0.3) is 0 Å². The van der Waals surface area contributed by atoms with Crippen LogP contribution < -0.4 is 4.74 Å². The van der Waals surface area contributed by atoms with Gasteiger partial charge in [-0.05, 0) is 43.9 Å². The zero-order valence-electron chi connectivity index (χ0n) is 20.0. The van der Waals surface area contributed by atoms with E-state index in [4.69, 9.17) is 18.3 Å². The first-order valence-electron chi connectivity index (χ1n) is 11.0. The van der Waals surface area contributed by atoms with E-state index in [1.165, 1.54) is 0 Å². The lowest BCUT2D eigenvalue weighted by Crippen LogP contribution is -2.63. The lowest BCUT2D eigenvalue weighted by atomic mass is 10.0. The fourth-order valence-electron chi connectivity index (χ4n) is 4.51. The molecule has 0 aromatic heterocycles. The standard InChI is InChI=1S/C24H42O4Si/c1-10-20-16-22(28-29(27-20,23(3,4)5)24(6,7)8)15-18(2)26-17-19-11-13-21(25-9)14-12-19/h11-14,18,20,22H,10,15-17H2,1-9H3/t18-,20-,22-/m1/s1. The van der Waals surface area contributed by atoms with E-state index in [0.29, 0.717) is 6.61 Å². The van der Waals surface area contributed by atoms with Crippen LogP contribution in [0.1, 0.15) is 80.2 Å². The zero-order valence-corrected chi connectivity index (χ0v) is 21.0. The van der Waals surface area contributed by atoms with Gasteiger partial charge in [-0.3, -0.25) is 0 Å². The molecule has 0 radical (unpaired) electrons. The van der Waals surface area contributed by atoms with Crippen molar-refractivity contribution in [3.63, 3.8) is 0 Å². The van der Waals surface area contributed by atoms with Crippen LogP contribution >= 0.6 is 0 Å². The van der Waals surface area contributed by atoms with Crippen molar-refractivity contribution in [2.45, 2.75) is 110 Å². The van der Waals surface area contributed by atoms with Gasteiger partial charge in [-0.15, -0.1) is 0 Å². The third kappa shape index (κ3) is 5.84. The van der Waals surface area contributed by atoms with Crippen molar-refractivity contribution in [1.82, 2.24) is 0 Å². The van der Waals surface area contributed by atoms with E-state index in [0.717, 1.165) is 30.6 Å². The van der Waals surface area contributed by atoms with E-state index in [1.54, 1.807) is 7.11 Å². The predicted octanol–water partition coefficient (Wildman–Crippen LogP) is 6.62. The van der Waals surface area contributed by atoms with Crippen LogP contribution in [0.3, 0.4) is 0 Å². The Labute approximate surface area is 179 Å². The minimum absolute atomic E-state index is 0.00449. The molecule has 1 aliphatic rings. The van der Waals surface area contributed by atoms with E-state index in [9.17, 15) is 0 Å². The van der Waals surface area contributed by atoms with Crippen molar-refractivity contribution in [1.29, 1.82) is 0 Å². The molecule has 1 fully saturated rings. The second-order valence-corrected chi connectivity index (χ2v) is 15.2. The summed E-state index contributed by atoms with van der Waals surface area (Å²) in [6, 6.07) is 8.06. The molecule has 0 amide bonds. The van der Waals surface area contributed by atoms with Crippen LogP contribution in [0.25, 0.3) is 0 Å². The number of benzene rings is 1. The van der Waals surface area contributed by atoms with Gasteiger partial charge in [0.1, 0.15) is 5.75 Å². The van der Waals surface area contributed by atoms with E-state index in [-0.39, 0.29) is 28.4 Å². The molecule has 0 saturated carbocycles. The van der Waals surface area contributed by atoms with E-state index < -0.39 is 8.56 Å². The summed E-state index contributed by atoms with van der Waals surface area (Å²) in [4.78, 5) is 0. The predicted molar refractivity (Wildman–Crippen MR) is 122 cm³/mol. The molecule has 3 atom stereocenters. The van der Waals surface area contributed by atoms with Gasteiger partial charge in [0.2, 0.25) is 0 Å². The minimum atomic E-state index is -2.47. The quantitative estimate of drug-likeness (QED) is 0.463. The number of hydrogen-bond donors (Lipinski definition) is 0. The van der Waals surface area contributed by atoms with Gasteiger partial charge in [0, 0.05) is 16.2 Å². The lowest BCUT2D eigenvalue weighted by Gasteiger charge is -2.55. The SMILES string of the molecule is CC[C@@H]1C[C@@H](C[C@@H](C)OCc2ccc(OC)cc2)O[Si](C(C)(C)C)(C(C)(C)C)O1. The number of rotatable bonds is 7. The molecule has 29 heavy (non-hydrogen) atoms. The fraction of sp³-hybridized carbons (Fsp3) is 0.750. The topological polar surface area (TPSA) is 36.9 Å². The summed E-state index contributed by atoms with van der Waals surface area (Å²) in [6.07, 6.45) is 3.47. The van der Waals surface area contributed by atoms with Crippen molar-refractivity contribution < 1.29 is 18.3 Å². The largest absolute Gasteiger partial charge is 0.497 e. The lowest BCUT2D eigenvalue weighted by molar-refractivity contribution is -0.0530. The van der Waals surface area contributed by atoms with Crippen LogP contribution in [-0.2, 0) is 20.2 Å². The van der Waals surface area contributed by atoms with Crippen molar-refractivity contribution in [2.24, 2.45) is 0 Å². The maximum absolute atomic E-state index is 6.91. The van der Waals surface area contributed by atoms with Gasteiger partial charge in [0.15, 0.2) is 0 Å². The maximum Gasteiger partial charge on any atom is 0.349 e. The molecule has 1 heterocycles. The first-order chi connectivity index (χ1) is 13.4. The van der Waals surface area contributed by atoms with Crippen molar-refractivity contribution in [3.05, 3.63) is 29.8 Å². The molecule has 5 heteroatoms. The third-order valence-corrected chi connectivity index (χ3v) is 11.2. The summed E-state index contributed by atoms with van der Waals surface area (Å²) < 4.78 is 25.1. The Balaban J connectivity index is 2.05. The molecule has 0 aliphatic carbocycles. The van der Waals surface area contributed by atoms with Crippen LogP contribution in [0.4, 0.5) is 0 Å². The Hall–Kier alpha value is -0.883. The summed E-state index contributed by atoms with van der Waals surface area (Å²) >= 11 is 0. The molecule has 0 unspecified atom stereocenters. The zero-order chi connectivity index (χ0) is 21.9. The van der Waals surface area contributed by atoms with Crippen molar-refractivity contribution in [3.8, 4) is 5.75 Å². The van der Waals surface area contributed by atoms with Crippen LogP contribution in [-0.4, -0.2) is 34.0 Å². The summed E-state index contributed by atoms with van der Waals surface area (Å²) in [6.45, 7) is 18.7. The minimum Gasteiger partial charge on any atom is -0.497 e. The number of methoxy groups -OCH3 is 1. The van der Waals surface area contributed by atoms with Gasteiger partial charge >= 0.3 is 8.56 Å². The summed E-state index contributed by atoms with van der Waals surface area (Å²) in [5, 5.41) is 0.00899. The average molecular weight is 423 g/mol. The smallest absolute Gasteiger partial charge is 0.349 e. The Morgan fingerprint density at radius 3 is 2.03 bits per heavy atom. The first-order valence-corrected chi connectivity index (χ1v) is 12.8. The molecule has 0 spiro atoms. The highest BCUT2D eigenvalue weighted by molar-refractivity contribution is 6.73. The van der Waals surface area contributed by atoms with Crippen LogP contribution in [0, 0.1) is 0 Å². The van der Waals surface area contributed by atoms with Gasteiger partial charge in [-0.25, -0.2) is 0 Å².